The maximum absolute atomic E-state index is 7.63. The number of nitrogens with zero attached hydrogens (tertiary/aromatic N) is 1. The van der Waals surface area contributed by atoms with Gasteiger partial charge in [-0.3, -0.25) is 5.41 Å². The Bertz CT molecular complexity index is 431. The molecule has 1 atom stereocenters. The van der Waals surface area contributed by atoms with E-state index in [4.69, 9.17) is 22.7 Å². The van der Waals surface area contributed by atoms with Gasteiger partial charge in [0.05, 0.1) is 0 Å². The van der Waals surface area contributed by atoms with Crippen molar-refractivity contribution in [1.29, 1.82) is 5.41 Å². The molecular weight excluding hydrogens is 234 g/mol. The molecule has 1 unspecified atom stereocenters. The average Bonchev–Trinajstić information content (AvgIpc) is 2.28. The molecule has 0 spiro atoms. The lowest BCUT2D eigenvalue weighted by molar-refractivity contribution is 0.447. The molecule has 17 heavy (non-hydrogen) atoms. The minimum atomic E-state index is 0.0840. The van der Waals surface area contributed by atoms with Crippen molar-refractivity contribution < 1.29 is 0 Å². The summed E-state index contributed by atoms with van der Waals surface area (Å²) in [5, 5.41) is 8.26. The summed E-state index contributed by atoms with van der Waals surface area (Å²) in [6, 6.07) is 5.61. The van der Waals surface area contributed by atoms with Crippen LogP contribution in [0.1, 0.15) is 25.3 Å². The Morgan fingerprint density at radius 3 is 2.94 bits per heavy atom. The third-order valence-electron chi connectivity index (χ3n) is 3.25. The van der Waals surface area contributed by atoms with Gasteiger partial charge in [-0.2, -0.15) is 0 Å². The van der Waals surface area contributed by atoms with Gasteiger partial charge in [-0.1, -0.05) is 18.5 Å². The monoisotopic (exact) mass is 251 g/mol. The average molecular weight is 252 g/mol. The minimum Gasteiger partial charge on any atom is -0.384 e. The van der Waals surface area contributed by atoms with Crippen LogP contribution in [0.5, 0.6) is 0 Å². The minimum absolute atomic E-state index is 0.0840. The number of anilines is 1. The predicted octanol–water partition coefficient (Wildman–Crippen LogP) is 2.86. The molecule has 1 heterocycles. The van der Waals surface area contributed by atoms with Gasteiger partial charge < -0.3 is 10.6 Å². The van der Waals surface area contributed by atoms with Gasteiger partial charge in [-0.05, 0) is 37.0 Å². The highest BCUT2D eigenvalue weighted by atomic mass is 35.5. The highest BCUT2D eigenvalue weighted by Crippen LogP contribution is 2.28. The fourth-order valence-corrected chi connectivity index (χ4v) is 2.58. The van der Waals surface area contributed by atoms with E-state index in [1.165, 1.54) is 12.8 Å². The first-order valence-electron chi connectivity index (χ1n) is 5.97. The van der Waals surface area contributed by atoms with Crippen LogP contribution in [-0.4, -0.2) is 18.9 Å². The van der Waals surface area contributed by atoms with E-state index in [1.807, 2.05) is 12.1 Å². The molecule has 1 saturated heterocycles. The molecule has 0 aliphatic carbocycles. The van der Waals surface area contributed by atoms with Crippen LogP contribution in [0.4, 0.5) is 5.69 Å². The van der Waals surface area contributed by atoms with E-state index in [2.05, 4.69) is 11.8 Å². The quantitative estimate of drug-likeness (QED) is 0.627. The zero-order valence-corrected chi connectivity index (χ0v) is 10.8. The first-order chi connectivity index (χ1) is 8.08. The number of nitrogens with two attached hydrogens (primary N) is 1. The van der Waals surface area contributed by atoms with Crippen LogP contribution in [0.2, 0.25) is 5.02 Å². The van der Waals surface area contributed by atoms with Gasteiger partial charge in [-0.15, -0.1) is 0 Å². The van der Waals surface area contributed by atoms with Crippen molar-refractivity contribution in [3.63, 3.8) is 0 Å². The third-order valence-corrected chi connectivity index (χ3v) is 3.48. The van der Waals surface area contributed by atoms with Gasteiger partial charge >= 0.3 is 0 Å². The maximum atomic E-state index is 7.63. The first-order valence-corrected chi connectivity index (χ1v) is 6.34. The second kappa shape index (κ2) is 4.96. The van der Waals surface area contributed by atoms with E-state index in [-0.39, 0.29) is 5.84 Å². The molecule has 1 aliphatic heterocycles. The summed E-state index contributed by atoms with van der Waals surface area (Å²) < 4.78 is 0. The van der Waals surface area contributed by atoms with Crippen molar-refractivity contribution >= 4 is 23.1 Å². The van der Waals surface area contributed by atoms with Crippen LogP contribution in [0.3, 0.4) is 0 Å². The lowest BCUT2D eigenvalue weighted by Crippen LogP contribution is -2.35. The van der Waals surface area contributed by atoms with Gasteiger partial charge in [0.15, 0.2) is 0 Å². The molecule has 1 fully saturated rings. The molecule has 2 rings (SSSR count). The molecule has 3 N–H and O–H groups in total. The Morgan fingerprint density at radius 1 is 1.53 bits per heavy atom. The SMILES string of the molecule is CC1CCCN(c2ccc(Cl)cc2C(=N)N)C1. The zero-order chi connectivity index (χ0) is 12.4. The Balaban J connectivity index is 2.33. The number of amidine groups is 1. The number of hydrogen-bond acceptors (Lipinski definition) is 2. The van der Waals surface area contributed by atoms with E-state index in [0.717, 1.165) is 24.3 Å². The van der Waals surface area contributed by atoms with E-state index in [1.54, 1.807) is 6.07 Å². The molecule has 4 heteroatoms. The summed E-state index contributed by atoms with van der Waals surface area (Å²) in [5.41, 5.74) is 7.40. The summed E-state index contributed by atoms with van der Waals surface area (Å²) in [6.07, 6.45) is 2.47. The number of nitrogen functional groups attached to an aromatic ring is 1. The Morgan fingerprint density at radius 2 is 2.29 bits per heavy atom. The summed E-state index contributed by atoms with van der Waals surface area (Å²) in [6.45, 7) is 4.32. The number of hydrogen-bond donors (Lipinski definition) is 2. The van der Waals surface area contributed by atoms with E-state index < -0.39 is 0 Å². The number of halogens is 1. The molecule has 1 aromatic rings. The van der Waals surface area contributed by atoms with E-state index in [9.17, 15) is 0 Å². The topological polar surface area (TPSA) is 53.1 Å². The van der Waals surface area contributed by atoms with Crippen LogP contribution in [-0.2, 0) is 0 Å². The largest absolute Gasteiger partial charge is 0.384 e. The van der Waals surface area contributed by atoms with Gasteiger partial charge in [0.25, 0.3) is 0 Å². The fraction of sp³-hybridized carbons (Fsp3) is 0.462. The number of benzene rings is 1. The van der Waals surface area contributed by atoms with Crippen molar-refractivity contribution in [3.8, 4) is 0 Å². The second-order valence-electron chi connectivity index (χ2n) is 4.77. The molecular formula is C13H18ClN3. The van der Waals surface area contributed by atoms with E-state index >= 15 is 0 Å². The van der Waals surface area contributed by atoms with E-state index in [0.29, 0.717) is 10.9 Å². The summed E-state index contributed by atoms with van der Waals surface area (Å²) >= 11 is 5.96. The summed E-state index contributed by atoms with van der Waals surface area (Å²) in [4.78, 5) is 2.31. The van der Waals surface area contributed by atoms with Crippen molar-refractivity contribution in [3.05, 3.63) is 28.8 Å². The van der Waals surface area contributed by atoms with Gasteiger partial charge in [-0.25, -0.2) is 0 Å². The van der Waals surface area contributed by atoms with Crippen molar-refractivity contribution in [1.82, 2.24) is 0 Å². The first kappa shape index (κ1) is 12.2. The number of piperidine rings is 1. The molecule has 0 radical (unpaired) electrons. The maximum Gasteiger partial charge on any atom is 0.124 e. The third kappa shape index (κ3) is 2.72. The fourth-order valence-electron chi connectivity index (χ4n) is 2.41. The smallest absolute Gasteiger partial charge is 0.124 e. The highest BCUT2D eigenvalue weighted by molar-refractivity contribution is 6.31. The van der Waals surface area contributed by atoms with Crippen molar-refractivity contribution in [2.24, 2.45) is 11.7 Å². The molecule has 0 amide bonds. The van der Waals surface area contributed by atoms with Crippen LogP contribution in [0, 0.1) is 11.3 Å². The van der Waals surface area contributed by atoms with Crippen molar-refractivity contribution in [2.75, 3.05) is 18.0 Å². The Kier molecular flexibility index (Phi) is 3.57. The number of nitrogens with one attached hydrogen (secondary N) is 1. The Labute approximate surface area is 107 Å². The van der Waals surface area contributed by atoms with Gasteiger partial charge in [0.1, 0.15) is 5.84 Å². The lowest BCUT2D eigenvalue weighted by Gasteiger charge is -2.34. The highest BCUT2D eigenvalue weighted by Gasteiger charge is 2.19. The molecule has 0 saturated carbocycles. The number of rotatable bonds is 2. The molecule has 92 valence electrons. The van der Waals surface area contributed by atoms with Crippen LogP contribution in [0.15, 0.2) is 18.2 Å². The van der Waals surface area contributed by atoms with Crippen molar-refractivity contribution in [2.45, 2.75) is 19.8 Å². The van der Waals surface area contributed by atoms with Crippen LogP contribution >= 0.6 is 11.6 Å². The molecule has 0 aromatic heterocycles. The summed E-state index contributed by atoms with van der Waals surface area (Å²) in [7, 11) is 0. The Hall–Kier alpha value is -1.22. The normalized spacial score (nSPS) is 20.4. The molecule has 0 bridgehead atoms. The van der Waals surface area contributed by atoms with Crippen LogP contribution < -0.4 is 10.6 Å². The van der Waals surface area contributed by atoms with Gasteiger partial charge in [0.2, 0.25) is 0 Å². The standard InChI is InChI=1S/C13H18ClN3/c1-9-3-2-6-17(8-9)12-5-4-10(14)7-11(12)13(15)16/h4-5,7,9H,2-3,6,8H2,1H3,(H3,15,16). The lowest BCUT2D eigenvalue weighted by atomic mass is 9.98. The summed E-state index contributed by atoms with van der Waals surface area (Å²) in [5.74, 6) is 0.778. The van der Waals surface area contributed by atoms with Gasteiger partial charge in [0, 0.05) is 29.4 Å². The zero-order valence-electron chi connectivity index (χ0n) is 10.0. The second-order valence-corrected chi connectivity index (χ2v) is 5.20. The van der Waals surface area contributed by atoms with Crippen LogP contribution in [0.25, 0.3) is 0 Å². The predicted molar refractivity (Wildman–Crippen MR) is 73.1 cm³/mol. The molecule has 3 nitrogen and oxygen atoms in total. The molecule has 1 aliphatic rings. The molecule has 1 aromatic carbocycles.